The summed E-state index contributed by atoms with van der Waals surface area (Å²) in [7, 11) is 0. The predicted molar refractivity (Wildman–Crippen MR) is 31.5 cm³/mol. The van der Waals surface area contributed by atoms with E-state index in [9.17, 15) is 0 Å². The molecule has 0 saturated carbocycles. The Balaban J connectivity index is 2.08. The quantitative estimate of drug-likeness (QED) is 0.343. The first-order valence-corrected chi connectivity index (χ1v) is 2.51. The van der Waals surface area contributed by atoms with Crippen molar-refractivity contribution in [3.8, 4) is 0 Å². The van der Waals surface area contributed by atoms with E-state index in [0.717, 1.165) is 13.1 Å². The first-order chi connectivity index (χ1) is 3.29. The Bertz CT molecular complexity index is 88.2. The third-order valence-corrected chi connectivity index (χ3v) is 0.807. The van der Waals surface area contributed by atoms with Crippen LogP contribution >= 0.6 is 12.2 Å². The Labute approximate surface area is 47.4 Å². The van der Waals surface area contributed by atoms with Gasteiger partial charge in [0.05, 0.1) is 0 Å². The highest BCUT2D eigenvalue weighted by atomic mass is 32.1. The normalized spacial score (nSPS) is 18.9. The Morgan fingerprint density at radius 3 is 2.43 bits per heavy atom. The van der Waals surface area contributed by atoms with Gasteiger partial charge in [-0.3, -0.25) is 5.43 Å². The van der Waals surface area contributed by atoms with Crippen LogP contribution in [-0.2, 0) is 0 Å². The van der Waals surface area contributed by atoms with E-state index in [-0.39, 0.29) is 0 Å². The van der Waals surface area contributed by atoms with Crippen molar-refractivity contribution in [1.82, 2.24) is 10.4 Å². The monoisotopic (exact) mass is 117 g/mol. The molecule has 0 aromatic rings. The second-order valence-corrected chi connectivity index (χ2v) is 1.90. The van der Waals surface area contributed by atoms with Crippen LogP contribution in [0.4, 0.5) is 0 Å². The van der Waals surface area contributed by atoms with E-state index >= 15 is 0 Å². The summed E-state index contributed by atoms with van der Waals surface area (Å²) in [5, 5.41) is 2.29. The van der Waals surface area contributed by atoms with Gasteiger partial charge in [0.2, 0.25) is 0 Å². The van der Waals surface area contributed by atoms with E-state index in [1.807, 2.05) is 5.01 Å². The van der Waals surface area contributed by atoms with Crippen LogP contribution in [0.5, 0.6) is 0 Å². The zero-order valence-electron chi connectivity index (χ0n) is 3.85. The van der Waals surface area contributed by atoms with Gasteiger partial charge in [-0.25, -0.2) is 5.01 Å². The maximum atomic E-state index is 5.11. The third-order valence-electron chi connectivity index (χ3n) is 0.716. The molecule has 1 heterocycles. The smallest absolute Gasteiger partial charge is 0.178 e. The number of nitrogens with two attached hydrogens (primary N) is 1. The lowest BCUT2D eigenvalue weighted by Gasteiger charge is -1.98. The molecule has 1 fully saturated rings. The molecule has 1 saturated heterocycles. The Kier molecular flexibility index (Phi) is 1.12. The third kappa shape index (κ3) is 1.70. The van der Waals surface area contributed by atoms with Gasteiger partial charge < -0.3 is 5.73 Å². The molecule has 1 rings (SSSR count). The van der Waals surface area contributed by atoms with E-state index in [0.29, 0.717) is 5.11 Å². The van der Waals surface area contributed by atoms with E-state index in [1.54, 1.807) is 0 Å². The maximum Gasteiger partial charge on any atom is 0.178 e. The van der Waals surface area contributed by atoms with Crippen molar-refractivity contribution in [1.29, 1.82) is 0 Å². The molecule has 0 atom stereocenters. The molecular formula is C3H7N3S. The number of thiocarbonyl (C=S) groups is 1. The molecule has 0 spiro atoms. The van der Waals surface area contributed by atoms with Gasteiger partial charge >= 0.3 is 0 Å². The Morgan fingerprint density at radius 2 is 2.29 bits per heavy atom. The molecule has 0 aromatic heterocycles. The summed E-state index contributed by atoms with van der Waals surface area (Å²) in [4.78, 5) is 0. The van der Waals surface area contributed by atoms with Crippen molar-refractivity contribution in [2.45, 2.75) is 0 Å². The topological polar surface area (TPSA) is 41.1 Å². The van der Waals surface area contributed by atoms with Gasteiger partial charge in [0.1, 0.15) is 0 Å². The van der Waals surface area contributed by atoms with Gasteiger partial charge in [0.15, 0.2) is 5.11 Å². The minimum absolute atomic E-state index is 0.359. The van der Waals surface area contributed by atoms with Crippen LogP contribution in [0.3, 0.4) is 0 Å². The second-order valence-electron chi connectivity index (χ2n) is 1.46. The molecule has 0 amide bonds. The summed E-state index contributed by atoms with van der Waals surface area (Å²) in [6, 6.07) is 0. The largest absolute Gasteiger partial charge is 0.375 e. The van der Waals surface area contributed by atoms with Crippen LogP contribution in [0.1, 0.15) is 0 Å². The second kappa shape index (κ2) is 1.63. The first-order valence-electron chi connectivity index (χ1n) is 2.10. The molecule has 1 aliphatic heterocycles. The molecule has 4 heteroatoms. The fourth-order valence-electron chi connectivity index (χ4n) is 0.318. The molecule has 0 aromatic carbocycles. The van der Waals surface area contributed by atoms with Gasteiger partial charge in [-0.2, -0.15) is 0 Å². The minimum Gasteiger partial charge on any atom is -0.375 e. The van der Waals surface area contributed by atoms with Crippen molar-refractivity contribution >= 4 is 17.3 Å². The van der Waals surface area contributed by atoms with E-state index in [4.69, 9.17) is 5.73 Å². The molecule has 3 N–H and O–H groups in total. The number of hydrogen-bond acceptors (Lipinski definition) is 2. The van der Waals surface area contributed by atoms with E-state index < -0.39 is 0 Å². The molecule has 7 heavy (non-hydrogen) atoms. The van der Waals surface area contributed by atoms with Crippen LogP contribution < -0.4 is 11.2 Å². The molecular weight excluding hydrogens is 110 g/mol. The van der Waals surface area contributed by atoms with Crippen molar-refractivity contribution in [2.24, 2.45) is 5.73 Å². The van der Waals surface area contributed by atoms with Crippen molar-refractivity contribution in [3.63, 3.8) is 0 Å². The number of nitrogens with one attached hydrogen (secondary N) is 1. The van der Waals surface area contributed by atoms with Crippen LogP contribution in [0.25, 0.3) is 0 Å². The SMILES string of the molecule is NC(=S)NN1CC1. The summed E-state index contributed by atoms with van der Waals surface area (Å²) in [5.74, 6) is 0. The number of nitrogens with zero attached hydrogens (tertiary/aromatic N) is 1. The summed E-state index contributed by atoms with van der Waals surface area (Å²) < 4.78 is 0. The average molecular weight is 117 g/mol. The van der Waals surface area contributed by atoms with E-state index in [1.165, 1.54) is 0 Å². The molecule has 3 nitrogen and oxygen atoms in total. The lowest BCUT2D eigenvalue weighted by Crippen LogP contribution is -2.33. The maximum absolute atomic E-state index is 5.11. The average Bonchev–Trinajstić information content (AvgIpc) is 2.17. The van der Waals surface area contributed by atoms with Crippen LogP contribution in [-0.4, -0.2) is 23.2 Å². The Morgan fingerprint density at radius 1 is 1.71 bits per heavy atom. The van der Waals surface area contributed by atoms with Crippen molar-refractivity contribution < 1.29 is 0 Å². The predicted octanol–water partition coefficient (Wildman–Crippen LogP) is -0.950. The molecule has 0 radical (unpaired) electrons. The summed E-state index contributed by atoms with van der Waals surface area (Å²) in [6.45, 7) is 2.13. The van der Waals surface area contributed by atoms with Crippen LogP contribution in [0.2, 0.25) is 0 Å². The highest BCUT2D eigenvalue weighted by Gasteiger charge is 2.15. The standard InChI is InChI=1S/C3H7N3S/c4-3(7)5-6-1-2-6/h1-2H2,(H3,4,5,7). The Hall–Kier alpha value is -0.350. The summed E-state index contributed by atoms with van der Waals surface area (Å²) >= 11 is 4.54. The fraction of sp³-hybridized carbons (Fsp3) is 0.667. The molecule has 0 unspecified atom stereocenters. The molecule has 1 aliphatic rings. The first kappa shape index (κ1) is 4.80. The number of rotatable bonds is 1. The van der Waals surface area contributed by atoms with Gasteiger partial charge in [0, 0.05) is 13.1 Å². The zero-order valence-corrected chi connectivity index (χ0v) is 4.66. The van der Waals surface area contributed by atoms with Gasteiger partial charge in [-0.05, 0) is 12.2 Å². The lowest BCUT2D eigenvalue weighted by atomic mass is 11.0. The molecule has 40 valence electrons. The van der Waals surface area contributed by atoms with E-state index in [2.05, 4.69) is 17.6 Å². The van der Waals surface area contributed by atoms with Gasteiger partial charge in [0.25, 0.3) is 0 Å². The highest BCUT2D eigenvalue weighted by Crippen LogP contribution is 1.94. The molecule has 0 aliphatic carbocycles. The van der Waals surface area contributed by atoms with Crippen molar-refractivity contribution in [3.05, 3.63) is 0 Å². The highest BCUT2D eigenvalue weighted by molar-refractivity contribution is 7.80. The van der Waals surface area contributed by atoms with Crippen LogP contribution in [0, 0.1) is 0 Å². The fourth-order valence-corrected chi connectivity index (χ4v) is 0.447. The summed E-state index contributed by atoms with van der Waals surface area (Å²) in [5.41, 5.74) is 7.87. The zero-order chi connectivity index (χ0) is 5.28. The lowest BCUT2D eigenvalue weighted by molar-refractivity contribution is 0.511. The number of hydrazine groups is 1. The van der Waals surface area contributed by atoms with Gasteiger partial charge in [-0.1, -0.05) is 0 Å². The summed E-state index contributed by atoms with van der Waals surface area (Å²) in [6.07, 6.45) is 0. The number of hydrogen-bond donors (Lipinski definition) is 2. The van der Waals surface area contributed by atoms with Crippen LogP contribution in [0.15, 0.2) is 0 Å². The van der Waals surface area contributed by atoms with Crippen molar-refractivity contribution in [2.75, 3.05) is 13.1 Å². The minimum atomic E-state index is 0.359. The van der Waals surface area contributed by atoms with Gasteiger partial charge in [-0.15, -0.1) is 0 Å². The molecule has 0 bridgehead atoms.